The van der Waals surface area contributed by atoms with Crippen molar-refractivity contribution in [2.75, 3.05) is 31.6 Å². The van der Waals surface area contributed by atoms with E-state index in [9.17, 15) is 4.79 Å². The zero-order valence-corrected chi connectivity index (χ0v) is 12.3. The number of likely N-dealkylation sites (N-methyl/N-ethyl adjacent to an activating group) is 1. The van der Waals surface area contributed by atoms with Crippen LogP contribution >= 0.6 is 0 Å². The molecule has 2 heterocycles. The molecule has 4 nitrogen and oxygen atoms in total. The molecule has 1 fully saturated rings. The molecule has 2 N–H and O–H groups in total. The molecule has 1 saturated heterocycles. The minimum atomic E-state index is -0.496. The van der Waals surface area contributed by atoms with Crippen LogP contribution in [-0.2, 0) is 11.2 Å². The van der Waals surface area contributed by atoms with Gasteiger partial charge < -0.3 is 10.6 Å². The van der Waals surface area contributed by atoms with Crippen LogP contribution in [0.25, 0.3) is 0 Å². The van der Waals surface area contributed by atoms with E-state index in [4.69, 9.17) is 5.73 Å². The molecule has 2 unspecified atom stereocenters. The lowest BCUT2D eigenvalue weighted by Crippen LogP contribution is -2.63. The minimum Gasteiger partial charge on any atom is -0.366 e. The fourth-order valence-corrected chi connectivity index (χ4v) is 3.80. The summed E-state index contributed by atoms with van der Waals surface area (Å²) in [6.45, 7) is 4.13. The number of rotatable bonds is 2. The van der Waals surface area contributed by atoms with Gasteiger partial charge in [-0.05, 0) is 38.4 Å². The number of hydrogen-bond acceptors (Lipinski definition) is 4. The molecule has 4 heteroatoms. The number of anilines is 1. The largest absolute Gasteiger partial charge is 0.366 e. The Hall–Kier alpha value is -1.39. The highest BCUT2D eigenvalue weighted by atomic mass is 16.1. The number of para-hydroxylation sites is 1. The van der Waals surface area contributed by atoms with E-state index in [1.54, 1.807) is 0 Å². The Balaban J connectivity index is 2.06. The van der Waals surface area contributed by atoms with Gasteiger partial charge in [0.15, 0.2) is 5.78 Å². The van der Waals surface area contributed by atoms with Crippen LogP contribution in [0.5, 0.6) is 0 Å². The molecule has 3 rings (SSSR count). The van der Waals surface area contributed by atoms with Crippen molar-refractivity contribution in [1.29, 1.82) is 0 Å². The van der Waals surface area contributed by atoms with Crippen LogP contribution < -0.4 is 10.6 Å². The van der Waals surface area contributed by atoms with E-state index in [2.05, 4.69) is 48.0 Å². The lowest BCUT2D eigenvalue weighted by Gasteiger charge is -2.43. The van der Waals surface area contributed by atoms with Crippen molar-refractivity contribution < 1.29 is 4.79 Å². The van der Waals surface area contributed by atoms with Gasteiger partial charge in [-0.3, -0.25) is 9.69 Å². The van der Waals surface area contributed by atoms with E-state index < -0.39 is 5.54 Å². The number of hydrogen-bond donors (Lipinski definition) is 1. The summed E-state index contributed by atoms with van der Waals surface area (Å²) in [5.41, 5.74) is 7.84. The molecule has 0 saturated carbocycles. The first-order valence-corrected chi connectivity index (χ1v) is 7.38. The SMILES string of the molecule is CN1CCCN2c3ccccc3CC2C1(C)C(=O)CN. The highest BCUT2D eigenvalue weighted by molar-refractivity contribution is 5.91. The van der Waals surface area contributed by atoms with Crippen LogP contribution in [0.1, 0.15) is 18.9 Å². The second kappa shape index (κ2) is 4.86. The second-order valence-electron chi connectivity index (χ2n) is 6.09. The Morgan fingerprint density at radius 1 is 1.40 bits per heavy atom. The summed E-state index contributed by atoms with van der Waals surface area (Å²) >= 11 is 0. The van der Waals surface area contributed by atoms with Crippen molar-refractivity contribution in [3.05, 3.63) is 29.8 Å². The first-order chi connectivity index (χ1) is 9.59. The quantitative estimate of drug-likeness (QED) is 0.875. The molecule has 0 bridgehead atoms. The first kappa shape index (κ1) is 13.6. The molecule has 2 atom stereocenters. The third-order valence-electron chi connectivity index (χ3n) is 5.17. The smallest absolute Gasteiger partial charge is 0.168 e. The van der Waals surface area contributed by atoms with Gasteiger partial charge in [0, 0.05) is 18.8 Å². The van der Waals surface area contributed by atoms with Gasteiger partial charge in [-0.25, -0.2) is 0 Å². The van der Waals surface area contributed by atoms with E-state index in [1.165, 1.54) is 11.3 Å². The summed E-state index contributed by atoms with van der Waals surface area (Å²) < 4.78 is 0. The lowest BCUT2D eigenvalue weighted by atomic mass is 9.84. The van der Waals surface area contributed by atoms with Crippen molar-refractivity contribution in [2.45, 2.75) is 31.3 Å². The van der Waals surface area contributed by atoms with Crippen LogP contribution in [-0.4, -0.2) is 48.9 Å². The molecule has 1 aromatic rings. The van der Waals surface area contributed by atoms with Gasteiger partial charge in [0.1, 0.15) is 0 Å². The average Bonchev–Trinajstić information content (AvgIpc) is 2.79. The van der Waals surface area contributed by atoms with Crippen LogP contribution in [0.2, 0.25) is 0 Å². The number of benzene rings is 1. The average molecular weight is 273 g/mol. The van der Waals surface area contributed by atoms with Crippen molar-refractivity contribution in [3.8, 4) is 0 Å². The number of fused-ring (bicyclic) bond motifs is 3. The molecule has 2 aliphatic heterocycles. The molecule has 0 amide bonds. The third kappa shape index (κ3) is 1.79. The van der Waals surface area contributed by atoms with Crippen molar-refractivity contribution >= 4 is 11.5 Å². The van der Waals surface area contributed by atoms with Crippen LogP contribution in [0, 0.1) is 0 Å². The summed E-state index contributed by atoms with van der Waals surface area (Å²) in [5.74, 6) is 0.143. The monoisotopic (exact) mass is 273 g/mol. The van der Waals surface area contributed by atoms with Gasteiger partial charge in [-0.1, -0.05) is 18.2 Å². The second-order valence-corrected chi connectivity index (χ2v) is 6.09. The summed E-state index contributed by atoms with van der Waals surface area (Å²) in [6.07, 6.45) is 2.01. The van der Waals surface area contributed by atoms with Crippen LogP contribution in [0.4, 0.5) is 5.69 Å². The van der Waals surface area contributed by atoms with E-state index in [-0.39, 0.29) is 18.4 Å². The maximum Gasteiger partial charge on any atom is 0.168 e. The molecule has 0 spiro atoms. The summed E-state index contributed by atoms with van der Waals surface area (Å²) in [7, 11) is 2.06. The normalized spacial score (nSPS) is 29.8. The fraction of sp³-hybridized carbons (Fsp3) is 0.562. The van der Waals surface area contributed by atoms with Gasteiger partial charge >= 0.3 is 0 Å². The summed E-state index contributed by atoms with van der Waals surface area (Å²) in [4.78, 5) is 17.2. The maximum absolute atomic E-state index is 12.6. The highest BCUT2D eigenvalue weighted by Gasteiger charge is 2.50. The fourth-order valence-electron chi connectivity index (χ4n) is 3.80. The number of Topliss-reactive ketones (excluding diaryl/α,β-unsaturated/α-hetero) is 1. The minimum absolute atomic E-state index is 0.113. The predicted octanol–water partition coefficient (Wildman–Crippen LogP) is 1.04. The van der Waals surface area contributed by atoms with Gasteiger partial charge in [-0.15, -0.1) is 0 Å². The molecular weight excluding hydrogens is 250 g/mol. The molecule has 108 valence electrons. The van der Waals surface area contributed by atoms with E-state index in [0.29, 0.717) is 0 Å². The van der Waals surface area contributed by atoms with E-state index in [0.717, 1.165) is 25.9 Å². The predicted molar refractivity (Wildman–Crippen MR) is 81.0 cm³/mol. The van der Waals surface area contributed by atoms with Crippen molar-refractivity contribution in [1.82, 2.24) is 4.90 Å². The standard InChI is InChI=1S/C16H23N3O/c1-16(15(20)11-17)14-10-12-6-3-4-7-13(12)19(14)9-5-8-18(16)2/h3-4,6-7,14H,5,8-11,17H2,1-2H3. The zero-order chi connectivity index (χ0) is 14.3. The van der Waals surface area contributed by atoms with Gasteiger partial charge in [0.25, 0.3) is 0 Å². The van der Waals surface area contributed by atoms with E-state index in [1.807, 2.05) is 0 Å². The Kier molecular flexibility index (Phi) is 3.30. The van der Waals surface area contributed by atoms with Gasteiger partial charge in [-0.2, -0.15) is 0 Å². The Labute approximate surface area is 120 Å². The van der Waals surface area contributed by atoms with Crippen LogP contribution in [0.3, 0.4) is 0 Å². The molecule has 2 aliphatic rings. The van der Waals surface area contributed by atoms with Gasteiger partial charge in [0.2, 0.25) is 0 Å². The number of nitrogens with zero attached hydrogens (tertiary/aromatic N) is 2. The van der Waals surface area contributed by atoms with Crippen molar-refractivity contribution in [2.24, 2.45) is 5.73 Å². The molecule has 0 radical (unpaired) electrons. The Bertz CT molecular complexity index is 530. The Morgan fingerprint density at radius 3 is 2.90 bits per heavy atom. The van der Waals surface area contributed by atoms with Gasteiger partial charge in [0.05, 0.1) is 18.1 Å². The van der Waals surface area contributed by atoms with Crippen molar-refractivity contribution in [3.63, 3.8) is 0 Å². The lowest BCUT2D eigenvalue weighted by molar-refractivity contribution is -0.129. The number of nitrogens with two attached hydrogens (primary N) is 1. The number of ketones is 1. The summed E-state index contributed by atoms with van der Waals surface area (Å²) in [6, 6.07) is 8.71. The zero-order valence-electron chi connectivity index (χ0n) is 12.3. The molecule has 0 aromatic heterocycles. The summed E-state index contributed by atoms with van der Waals surface area (Å²) in [5, 5.41) is 0. The van der Waals surface area contributed by atoms with Crippen LogP contribution in [0.15, 0.2) is 24.3 Å². The number of carbonyl (C=O) groups is 1. The maximum atomic E-state index is 12.6. The highest BCUT2D eigenvalue weighted by Crippen LogP contribution is 2.40. The molecule has 1 aromatic carbocycles. The molecule has 20 heavy (non-hydrogen) atoms. The molecular formula is C16H23N3O. The van der Waals surface area contributed by atoms with E-state index >= 15 is 0 Å². The third-order valence-corrected chi connectivity index (χ3v) is 5.17. The number of carbonyl (C=O) groups excluding carboxylic acids is 1. The molecule has 0 aliphatic carbocycles. The topological polar surface area (TPSA) is 49.6 Å². The first-order valence-electron chi connectivity index (χ1n) is 7.38. The Morgan fingerprint density at radius 2 is 2.15 bits per heavy atom.